The molecule has 1 aliphatic heterocycles. The molecule has 0 bridgehead atoms. The zero-order valence-electron chi connectivity index (χ0n) is 11.0. The van der Waals surface area contributed by atoms with Crippen LogP contribution in [0.15, 0.2) is 6.07 Å². The highest BCUT2D eigenvalue weighted by atomic mass is 32.2. The fourth-order valence-electron chi connectivity index (χ4n) is 2.06. The van der Waals surface area contributed by atoms with Crippen molar-refractivity contribution in [2.75, 3.05) is 41.3 Å². The molecule has 1 saturated heterocycles. The van der Waals surface area contributed by atoms with Gasteiger partial charge in [-0.3, -0.25) is 0 Å². The minimum atomic E-state index is 0.342. The van der Waals surface area contributed by atoms with Gasteiger partial charge in [0.25, 0.3) is 0 Å². The van der Waals surface area contributed by atoms with Crippen molar-refractivity contribution in [3.63, 3.8) is 0 Å². The normalized spacial score (nSPS) is 19.9. The molecule has 0 spiro atoms. The number of aromatic nitrogens is 2. The molecule has 1 aliphatic rings. The molecular formula is C12H21N5S. The summed E-state index contributed by atoms with van der Waals surface area (Å²) < 4.78 is 0. The predicted molar refractivity (Wildman–Crippen MR) is 79.4 cm³/mol. The SMILES string of the molecule is CCNc1cc(N2CCSC(CC)C2)nc(N)n1. The summed E-state index contributed by atoms with van der Waals surface area (Å²) in [6.45, 7) is 7.19. The molecule has 5 nitrogen and oxygen atoms in total. The lowest BCUT2D eigenvalue weighted by Gasteiger charge is -2.32. The van der Waals surface area contributed by atoms with E-state index >= 15 is 0 Å². The Morgan fingerprint density at radius 3 is 3.06 bits per heavy atom. The molecule has 100 valence electrons. The number of nitrogen functional groups attached to an aromatic ring is 1. The quantitative estimate of drug-likeness (QED) is 0.867. The van der Waals surface area contributed by atoms with Gasteiger partial charge < -0.3 is 16.0 Å². The molecule has 6 heteroatoms. The van der Waals surface area contributed by atoms with Crippen molar-refractivity contribution >= 4 is 29.3 Å². The topological polar surface area (TPSA) is 67.1 Å². The fraction of sp³-hybridized carbons (Fsp3) is 0.667. The average molecular weight is 267 g/mol. The predicted octanol–water partition coefficient (Wildman–Crippen LogP) is 1.82. The van der Waals surface area contributed by atoms with E-state index in [1.807, 2.05) is 24.8 Å². The van der Waals surface area contributed by atoms with Crippen LogP contribution in [-0.2, 0) is 0 Å². The van der Waals surface area contributed by atoms with Crippen molar-refractivity contribution in [1.29, 1.82) is 0 Å². The molecule has 2 heterocycles. The number of rotatable bonds is 4. The van der Waals surface area contributed by atoms with Gasteiger partial charge in [0, 0.05) is 36.7 Å². The second kappa shape index (κ2) is 6.13. The van der Waals surface area contributed by atoms with Crippen molar-refractivity contribution in [3.05, 3.63) is 6.07 Å². The first-order valence-electron chi connectivity index (χ1n) is 6.48. The first-order chi connectivity index (χ1) is 8.72. The van der Waals surface area contributed by atoms with Crippen molar-refractivity contribution < 1.29 is 0 Å². The van der Waals surface area contributed by atoms with E-state index in [0.29, 0.717) is 11.2 Å². The van der Waals surface area contributed by atoms with Gasteiger partial charge >= 0.3 is 0 Å². The smallest absolute Gasteiger partial charge is 0.223 e. The molecule has 0 saturated carbocycles. The van der Waals surface area contributed by atoms with Crippen LogP contribution in [0.1, 0.15) is 20.3 Å². The molecule has 2 rings (SSSR count). The lowest BCUT2D eigenvalue weighted by atomic mass is 10.3. The van der Waals surface area contributed by atoms with Crippen LogP contribution in [0.25, 0.3) is 0 Å². The van der Waals surface area contributed by atoms with E-state index in [1.54, 1.807) is 0 Å². The van der Waals surface area contributed by atoms with E-state index in [9.17, 15) is 0 Å². The highest BCUT2D eigenvalue weighted by molar-refractivity contribution is 8.00. The van der Waals surface area contributed by atoms with Crippen LogP contribution in [0.5, 0.6) is 0 Å². The molecule has 1 aromatic heterocycles. The van der Waals surface area contributed by atoms with E-state index in [0.717, 1.165) is 37.0 Å². The lowest BCUT2D eigenvalue weighted by Crippen LogP contribution is -2.38. The molecule has 0 amide bonds. The zero-order valence-corrected chi connectivity index (χ0v) is 11.8. The summed E-state index contributed by atoms with van der Waals surface area (Å²) in [6, 6.07) is 1.99. The summed E-state index contributed by atoms with van der Waals surface area (Å²) >= 11 is 2.05. The Balaban J connectivity index is 2.16. The largest absolute Gasteiger partial charge is 0.370 e. The van der Waals surface area contributed by atoms with Gasteiger partial charge in [0.15, 0.2) is 0 Å². The van der Waals surface area contributed by atoms with E-state index in [4.69, 9.17) is 5.73 Å². The van der Waals surface area contributed by atoms with Crippen molar-refractivity contribution in [1.82, 2.24) is 9.97 Å². The third-order valence-corrected chi connectivity index (χ3v) is 4.38. The van der Waals surface area contributed by atoms with Gasteiger partial charge in [-0.15, -0.1) is 0 Å². The molecule has 0 aliphatic carbocycles. The minimum Gasteiger partial charge on any atom is -0.370 e. The van der Waals surface area contributed by atoms with Crippen molar-refractivity contribution in [3.8, 4) is 0 Å². The maximum Gasteiger partial charge on any atom is 0.223 e. The third-order valence-electron chi connectivity index (χ3n) is 3.01. The number of hydrogen-bond donors (Lipinski definition) is 2. The summed E-state index contributed by atoms with van der Waals surface area (Å²) in [4.78, 5) is 10.8. The maximum atomic E-state index is 5.77. The van der Waals surface area contributed by atoms with Crippen molar-refractivity contribution in [2.45, 2.75) is 25.5 Å². The highest BCUT2D eigenvalue weighted by Crippen LogP contribution is 2.26. The van der Waals surface area contributed by atoms with Crippen LogP contribution < -0.4 is 16.0 Å². The second-order valence-corrected chi connectivity index (χ2v) is 5.76. The first-order valence-corrected chi connectivity index (χ1v) is 7.52. The standard InChI is InChI=1S/C12H21N5S/c1-3-9-8-17(5-6-18-9)11-7-10(14-4-2)15-12(13)16-11/h7,9H,3-6,8H2,1-2H3,(H3,13,14,15,16). The van der Waals surface area contributed by atoms with Crippen LogP contribution in [0.4, 0.5) is 17.6 Å². The van der Waals surface area contributed by atoms with Crippen LogP contribution in [0.3, 0.4) is 0 Å². The lowest BCUT2D eigenvalue weighted by molar-refractivity contribution is 0.719. The Labute approximate surface area is 113 Å². The molecule has 18 heavy (non-hydrogen) atoms. The Hall–Kier alpha value is -1.17. The molecular weight excluding hydrogens is 246 g/mol. The summed E-state index contributed by atoms with van der Waals surface area (Å²) in [5.41, 5.74) is 5.77. The number of nitrogens with two attached hydrogens (primary N) is 1. The minimum absolute atomic E-state index is 0.342. The molecule has 0 aromatic carbocycles. The molecule has 0 radical (unpaired) electrons. The third kappa shape index (κ3) is 3.19. The molecule has 1 atom stereocenters. The highest BCUT2D eigenvalue weighted by Gasteiger charge is 2.20. The monoisotopic (exact) mass is 267 g/mol. The van der Waals surface area contributed by atoms with Gasteiger partial charge in [-0.2, -0.15) is 21.7 Å². The molecule has 1 fully saturated rings. The van der Waals surface area contributed by atoms with Gasteiger partial charge in [0.05, 0.1) is 0 Å². The van der Waals surface area contributed by atoms with Crippen LogP contribution in [0, 0.1) is 0 Å². The Bertz CT molecular complexity index is 398. The Morgan fingerprint density at radius 2 is 2.33 bits per heavy atom. The van der Waals surface area contributed by atoms with Crippen LogP contribution in [0.2, 0.25) is 0 Å². The van der Waals surface area contributed by atoms with Gasteiger partial charge in [-0.05, 0) is 13.3 Å². The van der Waals surface area contributed by atoms with Gasteiger partial charge in [0.1, 0.15) is 11.6 Å². The summed E-state index contributed by atoms with van der Waals surface area (Å²) in [6.07, 6.45) is 1.20. The molecule has 3 N–H and O–H groups in total. The number of nitrogens with zero attached hydrogens (tertiary/aromatic N) is 3. The van der Waals surface area contributed by atoms with E-state index < -0.39 is 0 Å². The van der Waals surface area contributed by atoms with Crippen LogP contribution >= 0.6 is 11.8 Å². The van der Waals surface area contributed by atoms with Crippen LogP contribution in [-0.4, -0.2) is 40.6 Å². The molecule has 1 unspecified atom stereocenters. The number of anilines is 3. The average Bonchev–Trinajstić information content (AvgIpc) is 2.38. The fourth-order valence-corrected chi connectivity index (χ4v) is 3.24. The first kappa shape index (κ1) is 13.3. The summed E-state index contributed by atoms with van der Waals surface area (Å²) in [5, 5.41) is 3.88. The summed E-state index contributed by atoms with van der Waals surface area (Å²) in [7, 11) is 0. The summed E-state index contributed by atoms with van der Waals surface area (Å²) in [5.74, 6) is 3.25. The van der Waals surface area contributed by atoms with Gasteiger partial charge in [-0.25, -0.2) is 0 Å². The van der Waals surface area contributed by atoms with E-state index in [2.05, 4.69) is 27.1 Å². The second-order valence-electron chi connectivity index (χ2n) is 4.35. The Morgan fingerprint density at radius 1 is 1.50 bits per heavy atom. The van der Waals surface area contributed by atoms with E-state index in [-0.39, 0.29) is 0 Å². The number of nitrogens with one attached hydrogen (secondary N) is 1. The zero-order chi connectivity index (χ0) is 13.0. The number of thioether (sulfide) groups is 1. The number of hydrogen-bond acceptors (Lipinski definition) is 6. The van der Waals surface area contributed by atoms with E-state index in [1.165, 1.54) is 6.42 Å². The maximum absolute atomic E-state index is 5.77. The van der Waals surface area contributed by atoms with Gasteiger partial charge in [0.2, 0.25) is 5.95 Å². The Kier molecular flexibility index (Phi) is 4.52. The van der Waals surface area contributed by atoms with Gasteiger partial charge in [-0.1, -0.05) is 6.92 Å². The van der Waals surface area contributed by atoms with Crippen molar-refractivity contribution in [2.24, 2.45) is 0 Å². The molecule has 1 aromatic rings.